The Morgan fingerprint density at radius 2 is 1.74 bits per heavy atom. The number of carbonyl (C=O) groups excluding carboxylic acids is 2. The van der Waals surface area contributed by atoms with E-state index in [4.69, 9.17) is 9.47 Å². The van der Waals surface area contributed by atoms with Gasteiger partial charge in [-0.1, -0.05) is 18.2 Å². The van der Waals surface area contributed by atoms with E-state index < -0.39 is 6.10 Å². The fourth-order valence-electron chi connectivity index (χ4n) is 4.18. The number of anilines is 2. The minimum Gasteiger partial charge on any atom is -0.452 e. The summed E-state index contributed by atoms with van der Waals surface area (Å²) in [6.45, 7) is 4.79. The van der Waals surface area contributed by atoms with Gasteiger partial charge in [0.25, 0.3) is 5.91 Å². The maximum atomic E-state index is 12.5. The van der Waals surface area contributed by atoms with Crippen molar-refractivity contribution >= 4 is 23.3 Å². The number of morpholine rings is 1. The molecule has 2 aromatic carbocycles. The van der Waals surface area contributed by atoms with Crippen molar-refractivity contribution in [3.8, 4) is 0 Å². The summed E-state index contributed by atoms with van der Waals surface area (Å²) < 4.78 is 10.8. The highest BCUT2D eigenvalue weighted by molar-refractivity contribution is 5.95. The van der Waals surface area contributed by atoms with Gasteiger partial charge in [0.05, 0.1) is 19.6 Å². The molecule has 1 amide bonds. The Kier molecular flexibility index (Phi) is 6.87. The minimum atomic E-state index is -0.857. The number of hydrogen-bond acceptors (Lipinski definition) is 5. The molecule has 1 saturated heterocycles. The van der Waals surface area contributed by atoms with Crippen molar-refractivity contribution in [1.29, 1.82) is 0 Å². The van der Waals surface area contributed by atoms with Crippen molar-refractivity contribution in [2.75, 3.05) is 36.5 Å². The summed E-state index contributed by atoms with van der Waals surface area (Å²) >= 11 is 0. The first kappa shape index (κ1) is 21.4. The summed E-state index contributed by atoms with van der Waals surface area (Å²) in [5, 5.41) is 2.82. The van der Waals surface area contributed by atoms with Crippen LogP contribution < -0.4 is 10.2 Å². The lowest BCUT2D eigenvalue weighted by Crippen LogP contribution is -2.36. The normalized spacial score (nSPS) is 16.9. The first-order valence-electron chi connectivity index (χ1n) is 11.1. The molecule has 1 atom stereocenters. The highest BCUT2D eigenvalue weighted by atomic mass is 16.5. The molecular formula is C25H30N2O4. The molecule has 0 aromatic heterocycles. The summed E-state index contributed by atoms with van der Waals surface area (Å²) in [5.41, 5.74) is 5.45. The number of amides is 1. The number of fused-ring (bicyclic) bond motifs is 1. The predicted octanol–water partition coefficient (Wildman–Crippen LogP) is 3.51. The van der Waals surface area contributed by atoms with Crippen molar-refractivity contribution < 1.29 is 19.1 Å². The van der Waals surface area contributed by atoms with Crippen LogP contribution in [0.1, 0.15) is 36.5 Å². The number of esters is 1. The molecule has 2 aliphatic rings. The number of ether oxygens (including phenoxy) is 2. The number of benzene rings is 2. The largest absolute Gasteiger partial charge is 0.452 e. The number of hydrogen-bond donors (Lipinski definition) is 1. The van der Waals surface area contributed by atoms with Crippen LogP contribution in [0.25, 0.3) is 0 Å². The van der Waals surface area contributed by atoms with Crippen LogP contribution in [-0.4, -0.2) is 44.3 Å². The fraction of sp³-hybridized carbons (Fsp3) is 0.440. The third-order valence-electron chi connectivity index (χ3n) is 5.95. The van der Waals surface area contributed by atoms with E-state index in [-0.39, 0.29) is 18.3 Å². The van der Waals surface area contributed by atoms with E-state index in [0.717, 1.165) is 50.4 Å². The van der Waals surface area contributed by atoms with Crippen LogP contribution >= 0.6 is 0 Å². The summed E-state index contributed by atoms with van der Waals surface area (Å²) in [6.07, 6.45) is 3.94. The topological polar surface area (TPSA) is 67.9 Å². The molecule has 0 spiro atoms. The van der Waals surface area contributed by atoms with Gasteiger partial charge in [0.2, 0.25) is 0 Å². The number of rotatable bonds is 6. The first-order chi connectivity index (χ1) is 15.1. The van der Waals surface area contributed by atoms with Crippen molar-refractivity contribution in [3.05, 3.63) is 59.2 Å². The van der Waals surface area contributed by atoms with Crippen LogP contribution in [0.4, 0.5) is 11.4 Å². The van der Waals surface area contributed by atoms with E-state index in [9.17, 15) is 9.59 Å². The van der Waals surface area contributed by atoms with Crippen LogP contribution in [0.5, 0.6) is 0 Å². The van der Waals surface area contributed by atoms with E-state index >= 15 is 0 Å². The molecule has 0 unspecified atom stereocenters. The Hall–Kier alpha value is -2.86. The van der Waals surface area contributed by atoms with Gasteiger partial charge in [0.15, 0.2) is 6.10 Å². The standard InChI is InChI=1S/C25H30N2O4/c1-18(31-24(28)17-19-6-7-20-4-2-3-5-21(20)16-19)25(29)26-22-8-10-23(11-9-22)27-12-14-30-15-13-27/h6-11,16,18H,2-5,12-15,17H2,1H3,(H,26,29)/t18-/m1/s1. The third kappa shape index (κ3) is 5.64. The Bertz CT molecular complexity index is 920. The van der Waals surface area contributed by atoms with Crippen LogP contribution in [0.2, 0.25) is 0 Å². The van der Waals surface area contributed by atoms with E-state index in [1.807, 2.05) is 30.3 Å². The molecule has 31 heavy (non-hydrogen) atoms. The van der Waals surface area contributed by atoms with Gasteiger partial charge in [0.1, 0.15) is 0 Å². The fourth-order valence-corrected chi connectivity index (χ4v) is 4.18. The van der Waals surface area contributed by atoms with Crippen LogP contribution in [0.15, 0.2) is 42.5 Å². The highest BCUT2D eigenvalue weighted by Crippen LogP contribution is 2.23. The Labute approximate surface area is 183 Å². The van der Waals surface area contributed by atoms with Crippen molar-refractivity contribution in [1.82, 2.24) is 0 Å². The molecule has 1 aliphatic carbocycles. The van der Waals surface area contributed by atoms with Gasteiger partial charge in [-0.3, -0.25) is 9.59 Å². The SMILES string of the molecule is C[C@@H](OC(=O)Cc1ccc2c(c1)CCCC2)C(=O)Nc1ccc(N2CCOCC2)cc1. The zero-order valence-electron chi connectivity index (χ0n) is 18.1. The molecule has 1 N–H and O–H groups in total. The first-order valence-corrected chi connectivity index (χ1v) is 11.1. The monoisotopic (exact) mass is 422 g/mol. The summed E-state index contributed by atoms with van der Waals surface area (Å²) in [4.78, 5) is 27.1. The van der Waals surface area contributed by atoms with E-state index in [2.05, 4.69) is 22.3 Å². The Balaban J connectivity index is 1.27. The number of nitrogens with zero attached hydrogens (tertiary/aromatic N) is 1. The zero-order valence-corrected chi connectivity index (χ0v) is 18.1. The van der Waals surface area contributed by atoms with E-state index in [1.54, 1.807) is 6.92 Å². The van der Waals surface area contributed by atoms with Crippen LogP contribution in [0.3, 0.4) is 0 Å². The lowest BCUT2D eigenvalue weighted by Gasteiger charge is -2.28. The molecule has 164 valence electrons. The minimum absolute atomic E-state index is 0.180. The molecule has 6 nitrogen and oxygen atoms in total. The van der Waals surface area contributed by atoms with Gasteiger partial charge in [-0.2, -0.15) is 0 Å². The maximum absolute atomic E-state index is 12.5. The van der Waals surface area contributed by atoms with Crippen molar-refractivity contribution in [2.45, 2.75) is 45.1 Å². The van der Waals surface area contributed by atoms with Gasteiger partial charge in [-0.15, -0.1) is 0 Å². The van der Waals surface area contributed by atoms with Crippen molar-refractivity contribution in [3.63, 3.8) is 0 Å². The van der Waals surface area contributed by atoms with Crippen LogP contribution in [0, 0.1) is 0 Å². The quantitative estimate of drug-likeness (QED) is 0.722. The van der Waals surface area contributed by atoms with Crippen LogP contribution in [-0.2, 0) is 38.3 Å². The molecule has 1 aliphatic heterocycles. The molecule has 0 radical (unpaired) electrons. The molecule has 6 heteroatoms. The van der Waals surface area contributed by atoms with Crippen molar-refractivity contribution in [2.24, 2.45) is 0 Å². The average molecular weight is 423 g/mol. The Morgan fingerprint density at radius 3 is 2.48 bits per heavy atom. The molecular weight excluding hydrogens is 392 g/mol. The van der Waals surface area contributed by atoms with E-state index in [1.165, 1.54) is 24.0 Å². The zero-order chi connectivity index (χ0) is 21.6. The smallest absolute Gasteiger partial charge is 0.311 e. The molecule has 4 rings (SSSR count). The van der Waals surface area contributed by atoms with Gasteiger partial charge in [0, 0.05) is 24.5 Å². The second-order valence-electron chi connectivity index (χ2n) is 8.25. The molecule has 0 bridgehead atoms. The molecule has 1 heterocycles. The summed E-state index contributed by atoms with van der Waals surface area (Å²) in [5.74, 6) is -0.723. The summed E-state index contributed by atoms with van der Waals surface area (Å²) in [6, 6.07) is 13.9. The average Bonchev–Trinajstić information content (AvgIpc) is 2.80. The number of aryl methyl sites for hydroxylation is 2. The summed E-state index contributed by atoms with van der Waals surface area (Å²) in [7, 11) is 0. The van der Waals surface area contributed by atoms with Gasteiger partial charge >= 0.3 is 5.97 Å². The molecule has 2 aromatic rings. The van der Waals surface area contributed by atoms with Gasteiger partial charge in [-0.05, 0) is 73.6 Å². The number of nitrogens with one attached hydrogen (secondary N) is 1. The van der Waals surface area contributed by atoms with Gasteiger partial charge in [-0.25, -0.2) is 0 Å². The lowest BCUT2D eigenvalue weighted by atomic mass is 9.90. The maximum Gasteiger partial charge on any atom is 0.311 e. The second-order valence-corrected chi connectivity index (χ2v) is 8.25. The van der Waals surface area contributed by atoms with E-state index in [0.29, 0.717) is 5.69 Å². The molecule has 1 fully saturated rings. The van der Waals surface area contributed by atoms with Gasteiger partial charge < -0.3 is 19.7 Å². The lowest BCUT2D eigenvalue weighted by molar-refractivity contribution is -0.152. The predicted molar refractivity (Wildman–Crippen MR) is 120 cm³/mol. The Morgan fingerprint density at radius 1 is 1.03 bits per heavy atom. The third-order valence-corrected chi connectivity index (χ3v) is 5.95. The molecule has 0 saturated carbocycles. The number of carbonyl (C=O) groups is 2. The second kappa shape index (κ2) is 9.96. The highest BCUT2D eigenvalue weighted by Gasteiger charge is 2.19.